The Bertz CT molecular complexity index is 678. The summed E-state index contributed by atoms with van der Waals surface area (Å²) >= 11 is 0. The molecule has 1 saturated heterocycles. The molecule has 3 rings (SSSR count). The molecule has 0 saturated carbocycles. The van der Waals surface area contributed by atoms with Crippen molar-refractivity contribution in [1.29, 1.82) is 0 Å². The first-order chi connectivity index (χ1) is 12.2. The van der Waals surface area contributed by atoms with E-state index in [0.29, 0.717) is 6.04 Å². The molecule has 1 atom stereocenters. The molecule has 1 aromatic carbocycles. The van der Waals surface area contributed by atoms with E-state index in [1.807, 2.05) is 31.2 Å². The molecular weight excluding hydrogens is 312 g/mol. The van der Waals surface area contributed by atoms with Crippen LogP contribution in [0.3, 0.4) is 0 Å². The summed E-state index contributed by atoms with van der Waals surface area (Å²) in [7, 11) is 3.74. The van der Waals surface area contributed by atoms with Gasteiger partial charge in [-0.15, -0.1) is 0 Å². The first-order valence-electron chi connectivity index (χ1n) is 8.94. The fraction of sp³-hybridized carbons (Fsp3) is 0.474. The zero-order chi connectivity index (χ0) is 17.5. The van der Waals surface area contributed by atoms with Crippen LogP contribution in [0, 0.1) is 0 Å². The molecule has 1 aliphatic rings. The second kappa shape index (κ2) is 8.67. The van der Waals surface area contributed by atoms with Gasteiger partial charge in [-0.25, -0.2) is 0 Å². The molecule has 0 spiro atoms. The predicted octanol–water partition coefficient (Wildman–Crippen LogP) is 1.75. The van der Waals surface area contributed by atoms with Crippen molar-refractivity contribution in [2.45, 2.75) is 32.0 Å². The molecule has 6 nitrogen and oxygen atoms in total. The number of aromatic nitrogens is 2. The monoisotopic (exact) mass is 340 g/mol. The third-order valence-electron chi connectivity index (χ3n) is 4.67. The molecule has 25 heavy (non-hydrogen) atoms. The minimum atomic E-state index is 0.553. The summed E-state index contributed by atoms with van der Waals surface area (Å²) in [4.78, 5) is 6.89. The quantitative estimate of drug-likeness (QED) is 0.621. The van der Waals surface area contributed by atoms with Gasteiger partial charge in [0, 0.05) is 51.5 Å². The topological polar surface area (TPSA) is 57.5 Å². The number of nitrogens with one attached hydrogen (secondary N) is 2. The Morgan fingerprint density at radius 3 is 2.80 bits per heavy atom. The molecule has 0 radical (unpaired) electrons. The molecule has 1 aromatic heterocycles. The van der Waals surface area contributed by atoms with Crippen LogP contribution in [0.15, 0.2) is 47.7 Å². The minimum Gasteiger partial charge on any atom is -0.355 e. The number of guanidine groups is 1. The fourth-order valence-electron chi connectivity index (χ4n) is 3.34. The molecule has 1 unspecified atom stereocenters. The Morgan fingerprint density at radius 2 is 2.08 bits per heavy atom. The third-order valence-corrected chi connectivity index (χ3v) is 4.67. The van der Waals surface area contributed by atoms with Crippen LogP contribution in [-0.2, 0) is 20.1 Å². The van der Waals surface area contributed by atoms with Crippen molar-refractivity contribution in [1.82, 2.24) is 25.3 Å². The van der Waals surface area contributed by atoms with Crippen LogP contribution in [0.2, 0.25) is 0 Å². The first-order valence-corrected chi connectivity index (χ1v) is 8.94. The van der Waals surface area contributed by atoms with Crippen LogP contribution in [0.25, 0.3) is 0 Å². The summed E-state index contributed by atoms with van der Waals surface area (Å²) in [6, 6.07) is 11.3. The summed E-state index contributed by atoms with van der Waals surface area (Å²) in [5.41, 5.74) is 2.53. The van der Waals surface area contributed by atoms with E-state index in [4.69, 9.17) is 0 Å². The Balaban J connectivity index is 1.47. The van der Waals surface area contributed by atoms with Gasteiger partial charge in [0.1, 0.15) is 0 Å². The van der Waals surface area contributed by atoms with E-state index >= 15 is 0 Å². The van der Waals surface area contributed by atoms with Crippen molar-refractivity contribution in [2.75, 3.05) is 20.1 Å². The van der Waals surface area contributed by atoms with E-state index < -0.39 is 0 Å². The molecule has 134 valence electrons. The second-order valence-electron chi connectivity index (χ2n) is 6.58. The number of likely N-dealkylation sites (tertiary alicyclic amines) is 1. The van der Waals surface area contributed by atoms with Crippen molar-refractivity contribution >= 4 is 5.96 Å². The molecule has 2 heterocycles. The highest BCUT2D eigenvalue weighted by atomic mass is 15.3. The van der Waals surface area contributed by atoms with E-state index in [-0.39, 0.29) is 0 Å². The van der Waals surface area contributed by atoms with Crippen LogP contribution >= 0.6 is 0 Å². The van der Waals surface area contributed by atoms with Gasteiger partial charge in [0.2, 0.25) is 0 Å². The molecule has 2 aromatic rings. The summed E-state index contributed by atoms with van der Waals surface area (Å²) in [6.07, 6.45) is 6.39. The SMILES string of the molecule is CN=C(NCc1cnn(C)c1)NCC1CCCN1Cc1ccccc1. The van der Waals surface area contributed by atoms with E-state index in [9.17, 15) is 0 Å². The smallest absolute Gasteiger partial charge is 0.191 e. The highest BCUT2D eigenvalue weighted by Crippen LogP contribution is 2.19. The van der Waals surface area contributed by atoms with Gasteiger partial charge < -0.3 is 10.6 Å². The second-order valence-corrected chi connectivity index (χ2v) is 6.58. The molecule has 0 aliphatic carbocycles. The maximum atomic E-state index is 4.33. The molecule has 0 bridgehead atoms. The standard InChI is InChI=1S/C19H28N6/c1-20-19(21-11-17-12-23-24(2)14-17)22-13-18-9-6-10-25(18)15-16-7-4-3-5-8-16/h3-5,7-8,12,14,18H,6,9-11,13,15H2,1-2H3,(H2,20,21,22). The van der Waals surface area contributed by atoms with Crippen LogP contribution < -0.4 is 10.6 Å². The highest BCUT2D eigenvalue weighted by molar-refractivity contribution is 5.79. The summed E-state index contributed by atoms with van der Waals surface area (Å²) in [5, 5.41) is 11.0. The number of nitrogens with zero attached hydrogens (tertiary/aromatic N) is 4. The number of hydrogen-bond acceptors (Lipinski definition) is 3. The van der Waals surface area contributed by atoms with Crippen LogP contribution in [0.1, 0.15) is 24.0 Å². The van der Waals surface area contributed by atoms with Crippen LogP contribution in [0.5, 0.6) is 0 Å². The van der Waals surface area contributed by atoms with E-state index in [1.165, 1.54) is 24.9 Å². The van der Waals surface area contributed by atoms with Gasteiger partial charge >= 0.3 is 0 Å². The number of benzene rings is 1. The van der Waals surface area contributed by atoms with Crippen molar-refractivity contribution in [3.63, 3.8) is 0 Å². The van der Waals surface area contributed by atoms with Crippen molar-refractivity contribution in [3.8, 4) is 0 Å². The van der Waals surface area contributed by atoms with Gasteiger partial charge in [-0.1, -0.05) is 30.3 Å². The average molecular weight is 340 g/mol. The highest BCUT2D eigenvalue weighted by Gasteiger charge is 2.24. The summed E-state index contributed by atoms with van der Waals surface area (Å²) < 4.78 is 1.81. The van der Waals surface area contributed by atoms with E-state index in [0.717, 1.165) is 31.2 Å². The molecule has 0 amide bonds. The van der Waals surface area contributed by atoms with Gasteiger partial charge in [-0.05, 0) is 24.9 Å². The van der Waals surface area contributed by atoms with Gasteiger partial charge in [-0.2, -0.15) is 5.10 Å². The van der Waals surface area contributed by atoms with Gasteiger partial charge in [0.15, 0.2) is 5.96 Å². The van der Waals surface area contributed by atoms with Gasteiger partial charge in [-0.3, -0.25) is 14.6 Å². The lowest BCUT2D eigenvalue weighted by Crippen LogP contribution is -2.44. The lowest BCUT2D eigenvalue weighted by atomic mass is 10.2. The first kappa shape index (κ1) is 17.5. The number of rotatable bonds is 6. The number of aryl methyl sites for hydroxylation is 1. The zero-order valence-electron chi connectivity index (χ0n) is 15.2. The zero-order valence-corrected chi connectivity index (χ0v) is 15.2. The predicted molar refractivity (Wildman–Crippen MR) is 101 cm³/mol. The van der Waals surface area contributed by atoms with E-state index in [1.54, 1.807) is 0 Å². The lowest BCUT2D eigenvalue weighted by Gasteiger charge is -2.25. The van der Waals surface area contributed by atoms with Crippen molar-refractivity contribution in [3.05, 3.63) is 53.9 Å². The summed E-state index contributed by atoms with van der Waals surface area (Å²) in [5.74, 6) is 0.843. The summed E-state index contributed by atoms with van der Waals surface area (Å²) in [6.45, 7) is 3.84. The molecule has 1 aliphatic heterocycles. The molecule has 2 N–H and O–H groups in total. The molecular formula is C19H28N6. The Kier molecular flexibility index (Phi) is 6.06. The lowest BCUT2D eigenvalue weighted by molar-refractivity contribution is 0.245. The minimum absolute atomic E-state index is 0.553. The van der Waals surface area contributed by atoms with Gasteiger partial charge in [0.25, 0.3) is 0 Å². The molecule has 1 fully saturated rings. The molecule has 6 heteroatoms. The Labute approximate surface area is 149 Å². The fourth-order valence-corrected chi connectivity index (χ4v) is 3.34. The van der Waals surface area contributed by atoms with Crippen LogP contribution in [0.4, 0.5) is 0 Å². The maximum Gasteiger partial charge on any atom is 0.191 e. The largest absolute Gasteiger partial charge is 0.355 e. The normalized spacial score (nSPS) is 18.5. The van der Waals surface area contributed by atoms with Gasteiger partial charge in [0.05, 0.1) is 6.20 Å². The Hall–Kier alpha value is -2.34. The third kappa shape index (κ3) is 5.06. The number of hydrogen-bond donors (Lipinski definition) is 2. The average Bonchev–Trinajstić information content (AvgIpc) is 3.25. The Morgan fingerprint density at radius 1 is 1.24 bits per heavy atom. The van der Waals surface area contributed by atoms with E-state index in [2.05, 4.69) is 56.0 Å². The maximum absolute atomic E-state index is 4.33. The van der Waals surface area contributed by atoms with Crippen LogP contribution in [-0.4, -0.2) is 46.8 Å². The van der Waals surface area contributed by atoms with Crippen molar-refractivity contribution < 1.29 is 0 Å². The number of aliphatic imine (C=N–C) groups is 1. The van der Waals surface area contributed by atoms with Crippen molar-refractivity contribution in [2.24, 2.45) is 12.0 Å².